The monoisotopic (exact) mass is 419 g/mol. The van der Waals surface area contributed by atoms with Crippen LogP contribution in [0.25, 0.3) is 11.8 Å². The molecule has 1 aromatic carbocycles. The Hall–Kier alpha value is -2.83. The highest BCUT2D eigenvalue weighted by Crippen LogP contribution is 2.57. The van der Waals surface area contributed by atoms with Crippen molar-refractivity contribution in [1.82, 2.24) is 14.8 Å². The molecule has 3 aromatic rings. The molecule has 1 fully saturated rings. The summed E-state index contributed by atoms with van der Waals surface area (Å²) in [7, 11) is 0. The van der Waals surface area contributed by atoms with Crippen molar-refractivity contribution in [1.29, 1.82) is 0 Å². The Bertz CT molecular complexity index is 1170. The molecular formula is C25H26FN3O2. The van der Waals surface area contributed by atoms with Crippen molar-refractivity contribution in [2.75, 3.05) is 0 Å². The molecule has 5 nitrogen and oxygen atoms in total. The number of aromatic nitrogens is 3. The maximum Gasteiger partial charge on any atom is 0.123 e. The molecule has 0 amide bonds. The molecule has 0 radical (unpaired) electrons. The third-order valence-electron chi connectivity index (χ3n) is 7.17. The van der Waals surface area contributed by atoms with E-state index in [2.05, 4.69) is 23.1 Å². The van der Waals surface area contributed by atoms with Crippen molar-refractivity contribution in [2.24, 2.45) is 5.41 Å². The van der Waals surface area contributed by atoms with Gasteiger partial charge in [-0.15, -0.1) is 0 Å². The average molecular weight is 420 g/mol. The van der Waals surface area contributed by atoms with Crippen LogP contribution in [0.15, 0.2) is 54.4 Å². The molecule has 0 saturated heterocycles. The summed E-state index contributed by atoms with van der Waals surface area (Å²) in [6, 6.07) is 10.0. The zero-order valence-electron chi connectivity index (χ0n) is 17.7. The van der Waals surface area contributed by atoms with Gasteiger partial charge in [-0.05, 0) is 79.8 Å². The van der Waals surface area contributed by atoms with Gasteiger partial charge in [0.2, 0.25) is 0 Å². The number of aliphatic hydroxyl groups is 2. The number of fused-ring (bicyclic) bond motifs is 2. The molecule has 6 heteroatoms. The van der Waals surface area contributed by atoms with Crippen LogP contribution in [0.2, 0.25) is 0 Å². The lowest BCUT2D eigenvalue weighted by Crippen LogP contribution is -2.46. The van der Waals surface area contributed by atoms with E-state index in [1.54, 1.807) is 18.3 Å². The molecule has 2 N–H and O–H groups in total. The first-order chi connectivity index (χ1) is 14.8. The van der Waals surface area contributed by atoms with E-state index in [0.717, 1.165) is 34.5 Å². The summed E-state index contributed by atoms with van der Waals surface area (Å²) in [6.45, 7) is 4.05. The minimum absolute atomic E-state index is 0.235. The summed E-state index contributed by atoms with van der Waals surface area (Å²) in [5.41, 5.74) is 4.08. The fraction of sp³-hybridized carbons (Fsp3) is 0.360. The van der Waals surface area contributed by atoms with Crippen molar-refractivity contribution < 1.29 is 14.6 Å². The van der Waals surface area contributed by atoms with Crippen LogP contribution < -0.4 is 0 Å². The number of benzene rings is 1. The third-order valence-corrected chi connectivity index (χ3v) is 7.17. The Morgan fingerprint density at radius 3 is 2.74 bits per heavy atom. The molecule has 1 saturated carbocycles. The third kappa shape index (κ3) is 3.22. The lowest BCUT2D eigenvalue weighted by Gasteiger charge is -2.43. The van der Waals surface area contributed by atoms with Crippen LogP contribution in [-0.2, 0) is 6.42 Å². The van der Waals surface area contributed by atoms with Crippen molar-refractivity contribution in [3.8, 4) is 5.69 Å². The zero-order chi connectivity index (χ0) is 21.8. The Kier molecular flexibility index (Phi) is 4.61. The molecule has 5 rings (SSSR count). The molecule has 0 spiro atoms. The number of halogens is 1. The van der Waals surface area contributed by atoms with Gasteiger partial charge in [0.05, 0.1) is 35.0 Å². The maximum atomic E-state index is 13.3. The van der Waals surface area contributed by atoms with Crippen LogP contribution in [0, 0.1) is 18.2 Å². The molecule has 2 aliphatic carbocycles. The van der Waals surface area contributed by atoms with Gasteiger partial charge in [0.1, 0.15) is 5.82 Å². The molecule has 0 aliphatic heterocycles. The van der Waals surface area contributed by atoms with E-state index in [4.69, 9.17) is 0 Å². The van der Waals surface area contributed by atoms with Crippen molar-refractivity contribution in [2.45, 2.75) is 51.2 Å². The van der Waals surface area contributed by atoms with Gasteiger partial charge in [0.25, 0.3) is 0 Å². The summed E-state index contributed by atoms with van der Waals surface area (Å²) in [5.74, 6) is -0.279. The molecular weight excluding hydrogens is 393 g/mol. The lowest BCUT2D eigenvalue weighted by atomic mass is 9.65. The van der Waals surface area contributed by atoms with E-state index >= 15 is 0 Å². The molecule has 2 aromatic heterocycles. The van der Waals surface area contributed by atoms with E-state index in [9.17, 15) is 14.6 Å². The van der Waals surface area contributed by atoms with Crippen molar-refractivity contribution >= 4 is 6.08 Å². The summed E-state index contributed by atoms with van der Waals surface area (Å²) >= 11 is 0. The Balaban J connectivity index is 1.46. The summed E-state index contributed by atoms with van der Waals surface area (Å²) in [5, 5.41) is 27.1. The Labute approximate surface area is 180 Å². The van der Waals surface area contributed by atoms with Gasteiger partial charge in [-0.3, -0.25) is 4.98 Å². The molecule has 2 aliphatic rings. The first kappa shape index (κ1) is 20.1. The predicted octanol–water partition coefficient (Wildman–Crippen LogP) is 4.31. The van der Waals surface area contributed by atoms with Crippen LogP contribution in [0.5, 0.6) is 0 Å². The first-order valence-electron chi connectivity index (χ1n) is 10.7. The van der Waals surface area contributed by atoms with E-state index in [-0.39, 0.29) is 12.2 Å². The number of hydrogen-bond donors (Lipinski definition) is 2. The number of hydrogen-bond acceptors (Lipinski definition) is 4. The quantitative estimate of drug-likeness (QED) is 0.661. The van der Waals surface area contributed by atoms with Gasteiger partial charge in [0.15, 0.2) is 0 Å². The highest BCUT2D eigenvalue weighted by atomic mass is 19.1. The van der Waals surface area contributed by atoms with Gasteiger partial charge < -0.3 is 10.2 Å². The summed E-state index contributed by atoms with van der Waals surface area (Å²) in [4.78, 5) is 4.30. The van der Waals surface area contributed by atoms with E-state index in [1.165, 1.54) is 12.1 Å². The van der Waals surface area contributed by atoms with Crippen molar-refractivity contribution in [3.05, 3.63) is 82.7 Å². The fourth-order valence-corrected chi connectivity index (χ4v) is 5.21. The van der Waals surface area contributed by atoms with Gasteiger partial charge in [0, 0.05) is 18.0 Å². The summed E-state index contributed by atoms with van der Waals surface area (Å²) < 4.78 is 15.2. The Morgan fingerprint density at radius 1 is 1.23 bits per heavy atom. The van der Waals surface area contributed by atoms with E-state index in [1.807, 2.05) is 29.9 Å². The number of pyridine rings is 1. The van der Waals surface area contributed by atoms with Crippen LogP contribution in [0.3, 0.4) is 0 Å². The number of nitrogens with zero attached hydrogens (tertiary/aromatic N) is 3. The van der Waals surface area contributed by atoms with Gasteiger partial charge in [-0.1, -0.05) is 12.5 Å². The first-order valence-corrected chi connectivity index (χ1v) is 10.7. The van der Waals surface area contributed by atoms with Crippen LogP contribution in [0.4, 0.5) is 4.39 Å². The second kappa shape index (κ2) is 7.11. The van der Waals surface area contributed by atoms with Crippen molar-refractivity contribution in [3.63, 3.8) is 0 Å². The maximum absolute atomic E-state index is 13.3. The predicted molar refractivity (Wildman–Crippen MR) is 116 cm³/mol. The van der Waals surface area contributed by atoms with Crippen LogP contribution >= 0.6 is 0 Å². The molecule has 1 unspecified atom stereocenters. The minimum atomic E-state index is -1.04. The van der Waals surface area contributed by atoms with Crippen LogP contribution in [-0.4, -0.2) is 30.6 Å². The second-order valence-corrected chi connectivity index (χ2v) is 9.13. The second-order valence-electron chi connectivity index (χ2n) is 9.13. The molecule has 3 atom stereocenters. The standard InChI is InChI=1S/C25H26FN3O2/c1-16-8-10-27-21(11-16)23(30)14-25(31)9-7-18-12-22-17(13-24(18,25)2)15-28-29(22)20-5-3-19(26)4-6-20/h3-6,8,10-12,15,23,30-31H,7,9,13-14H2,1-2H3/t23?,24-,25+/m0/s1. The topological polar surface area (TPSA) is 71.2 Å². The van der Waals surface area contributed by atoms with Gasteiger partial charge in [-0.2, -0.15) is 5.10 Å². The van der Waals surface area contributed by atoms with E-state index < -0.39 is 17.1 Å². The number of aryl methyl sites for hydroxylation is 1. The average Bonchev–Trinajstić information content (AvgIpc) is 3.25. The molecule has 160 valence electrons. The number of rotatable bonds is 4. The smallest absolute Gasteiger partial charge is 0.123 e. The van der Waals surface area contributed by atoms with Gasteiger partial charge >= 0.3 is 0 Å². The van der Waals surface area contributed by atoms with Crippen LogP contribution in [0.1, 0.15) is 54.8 Å². The molecule has 2 heterocycles. The van der Waals surface area contributed by atoms with E-state index in [0.29, 0.717) is 18.5 Å². The minimum Gasteiger partial charge on any atom is -0.389 e. The summed E-state index contributed by atoms with van der Waals surface area (Å²) in [6.07, 6.45) is 7.03. The highest BCUT2D eigenvalue weighted by Gasteiger charge is 2.55. The fourth-order valence-electron chi connectivity index (χ4n) is 5.21. The molecule has 0 bridgehead atoms. The largest absolute Gasteiger partial charge is 0.389 e. The Morgan fingerprint density at radius 2 is 2.00 bits per heavy atom. The SMILES string of the molecule is Cc1ccnc(C(O)C[C@]2(O)CCC3=Cc4c(cnn4-c4ccc(F)cc4)C[C@@]32C)c1. The molecule has 31 heavy (non-hydrogen) atoms. The normalized spacial score (nSPS) is 25.6. The highest BCUT2D eigenvalue weighted by molar-refractivity contribution is 5.62. The number of aliphatic hydroxyl groups excluding tert-OH is 1. The lowest BCUT2D eigenvalue weighted by molar-refractivity contribution is -0.0747. The van der Waals surface area contributed by atoms with Gasteiger partial charge in [-0.25, -0.2) is 9.07 Å². The zero-order valence-corrected chi connectivity index (χ0v) is 17.7.